The monoisotopic (exact) mass is 383 g/mol. The highest BCUT2D eigenvalue weighted by molar-refractivity contribution is 7.11. The van der Waals surface area contributed by atoms with Gasteiger partial charge in [0.1, 0.15) is 28.2 Å². The topological polar surface area (TPSA) is 60.2 Å². The van der Waals surface area contributed by atoms with Crippen LogP contribution >= 0.6 is 11.3 Å². The van der Waals surface area contributed by atoms with E-state index in [4.69, 9.17) is 5.41 Å². The Morgan fingerprint density at radius 3 is 2.63 bits per heavy atom. The number of anilines is 1. The fraction of sp³-hybridized carbons (Fsp3) is 0.100. The normalized spacial score (nSPS) is 14.3. The number of aryl methyl sites for hydroxylation is 1. The highest BCUT2D eigenvalue weighted by atomic mass is 32.1. The summed E-state index contributed by atoms with van der Waals surface area (Å²) >= 11 is 1.29. The van der Waals surface area contributed by atoms with Gasteiger partial charge in [0.2, 0.25) is 0 Å². The van der Waals surface area contributed by atoms with Crippen molar-refractivity contribution in [1.82, 2.24) is 4.98 Å². The van der Waals surface area contributed by atoms with Gasteiger partial charge in [-0.05, 0) is 19.1 Å². The Balaban J connectivity index is 1.67. The number of rotatable bonds is 3. The lowest BCUT2D eigenvalue weighted by atomic mass is 10.1. The van der Waals surface area contributed by atoms with Crippen molar-refractivity contribution in [3.63, 3.8) is 0 Å². The summed E-state index contributed by atoms with van der Waals surface area (Å²) in [5, 5.41) is 21.0. The first-order valence-corrected chi connectivity index (χ1v) is 9.08. The van der Waals surface area contributed by atoms with Gasteiger partial charge in [-0.25, -0.2) is 13.8 Å². The molecule has 27 heavy (non-hydrogen) atoms. The van der Waals surface area contributed by atoms with Crippen LogP contribution in [-0.2, 0) is 0 Å². The first-order chi connectivity index (χ1) is 12.9. The van der Waals surface area contributed by atoms with Crippen LogP contribution in [0.3, 0.4) is 0 Å². The van der Waals surface area contributed by atoms with Crippen molar-refractivity contribution in [2.45, 2.75) is 6.92 Å². The smallest absolute Gasteiger partial charge is 0.147 e. The van der Waals surface area contributed by atoms with Gasteiger partial charge in [-0.1, -0.05) is 29.8 Å². The lowest BCUT2D eigenvalue weighted by molar-refractivity contribution is 0.411. The van der Waals surface area contributed by atoms with Gasteiger partial charge in [0, 0.05) is 17.0 Å². The van der Waals surface area contributed by atoms with Crippen LogP contribution in [0.2, 0.25) is 0 Å². The van der Waals surface area contributed by atoms with Crippen molar-refractivity contribution < 1.29 is 13.9 Å². The van der Waals surface area contributed by atoms with E-state index in [0.717, 1.165) is 35.0 Å². The summed E-state index contributed by atoms with van der Waals surface area (Å²) in [7, 11) is 0. The van der Waals surface area contributed by atoms with E-state index in [1.807, 2.05) is 36.6 Å². The number of hydrogen-bond acceptors (Lipinski definition) is 4. The molecule has 0 radical (unpaired) electrons. The maximum atomic E-state index is 14.1. The molecule has 136 valence electrons. The molecule has 0 bridgehead atoms. The van der Waals surface area contributed by atoms with Crippen molar-refractivity contribution in [2.24, 2.45) is 0 Å². The van der Waals surface area contributed by atoms with Crippen LogP contribution in [-0.4, -0.2) is 22.5 Å². The summed E-state index contributed by atoms with van der Waals surface area (Å²) < 4.78 is 27.6. The lowest BCUT2D eigenvalue weighted by Gasteiger charge is -2.19. The van der Waals surface area contributed by atoms with E-state index in [9.17, 15) is 13.9 Å². The summed E-state index contributed by atoms with van der Waals surface area (Å²) in [4.78, 5) is 5.76. The number of aromatic nitrogens is 1. The van der Waals surface area contributed by atoms with E-state index >= 15 is 0 Å². The summed E-state index contributed by atoms with van der Waals surface area (Å²) in [5.41, 5.74) is 2.96. The van der Waals surface area contributed by atoms with Crippen LogP contribution < -0.4 is 4.90 Å². The third-order valence-electron chi connectivity index (χ3n) is 4.37. The number of nitrogens with one attached hydrogen (secondary N) is 1. The van der Waals surface area contributed by atoms with Gasteiger partial charge in [-0.2, -0.15) is 0 Å². The maximum absolute atomic E-state index is 14.1. The molecular weight excluding hydrogens is 368 g/mol. The predicted molar refractivity (Wildman–Crippen MR) is 103 cm³/mol. The largest absolute Gasteiger partial charge is 0.510 e. The van der Waals surface area contributed by atoms with E-state index in [2.05, 4.69) is 4.98 Å². The van der Waals surface area contributed by atoms with Crippen LogP contribution in [0, 0.1) is 24.0 Å². The highest BCUT2D eigenvalue weighted by Crippen LogP contribution is 2.35. The van der Waals surface area contributed by atoms with Crippen LogP contribution in [0.25, 0.3) is 16.8 Å². The number of thiazole rings is 1. The zero-order chi connectivity index (χ0) is 19.1. The van der Waals surface area contributed by atoms with Gasteiger partial charge in [-0.15, -0.1) is 11.3 Å². The van der Waals surface area contributed by atoms with Crippen molar-refractivity contribution >= 4 is 28.4 Å². The maximum Gasteiger partial charge on any atom is 0.147 e. The van der Waals surface area contributed by atoms with Crippen molar-refractivity contribution in [2.75, 3.05) is 11.4 Å². The second kappa shape index (κ2) is 6.59. The van der Waals surface area contributed by atoms with E-state index < -0.39 is 11.6 Å². The van der Waals surface area contributed by atoms with Gasteiger partial charge in [0.25, 0.3) is 0 Å². The second-order valence-corrected chi connectivity index (χ2v) is 7.11. The molecule has 1 aliphatic rings. The molecule has 2 aromatic carbocycles. The van der Waals surface area contributed by atoms with Crippen molar-refractivity contribution in [3.8, 4) is 11.3 Å². The predicted octanol–water partition coefficient (Wildman–Crippen LogP) is 5.16. The number of benzene rings is 2. The third-order valence-corrected chi connectivity index (χ3v) is 5.23. The molecule has 7 heteroatoms. The highest BCUT2D eigenvalue weighted by Gasteiger charge is 2.32. The molecule has 1 aromatic heterocycles. The molecule has 0 saturated carbocycles. The van der Waals surface area contributed by atoms with E-state index in [0.29, 0.717) is 5.01 Å². The Bertz CT molecular complexity index is 1070. The van der Waals surface area contributed by atoms with E-state index in [1.165, 1.54) is 16.2 Å². The molecule has 0 saturated heterocycles. The molecule has 0 atom stereocenters. The van der Waals surface area contributed by atoms with Gasteiger partial charge < -0.3 is 10.0 Å². The Hall–Kier alpha value is -3.06. The van der Waals surface area contributed by atoms with E-state index in [-0.39, 0.29) is 29.4 Å². The first-order valence-electron chi connectivity index (χ1n) is 8.20. The molecule has 0 unspecified atom stereocenters. The average molecular weight is 383 g/mol. The minimum atomic E-state index is -0.658. The van der Waals surface area contributed by atoms with Gasteiger partial charge in [-0.3, -0.25) is 5.41 Å². The number of aliphatic hydroxyl groups is 1. The summed E-state index contributed by atoms with van der Waals surface area (Å²) in [6.07, 6.45) is 0. The molecule has 4 nitrogen and oxygen atoms in total. The first kappa shape index (κ1) is 17.4. The third kappa shape index (κ3) is 3.10. The molecule has 2 heterocycles. The van der Waals surface area contributed by atoms with Crippen LogP contribution in [0.15, 0.2) is 53.6 Å². The molecule has 4 rings (SSSR count). The zero-order valence-electron chi connectivity index (χ0n) is 14.3. The number of aliphatic hydroxyl groups excluding tert-OH is 1. The SMILES string of the molecule is Cc1ccc(-c2csc(C3=C(O)CN(c4cc(F)ccc4F)C3=N)n2)cc1. The minimum absolute atomic E-state index is 0.0862. The minimum Gasteiger partial charge on any atom is -0.510 e. The quantitative estimate of drug-likeness (QED) is 0.656. The fourth-order valence-electron chi connectivity index (χ4n) is 2.95. The summed E-state index contributed by atoms with van der Waals surface area (Å²) in [6, 6.07) is 10.9. The Morgan fingerprint density at radius 2 is 1.89 bits per heavy atom. The molecule has 1 aliphatic heterocycles. The van der Waals surface area contributed by atoms with Crippen molar-refractivity contribution in [1.29, 1.82) is 5.41 Å². The number of hydrogen-bond donors (Lipinski definition) is 2. The summed E-state index contributed by atoms with van der Waals surface area (Å²) in [6.45, 7) is 1.90. The molecule has 0 fully saturated rings. The van der Waals surface area contributed by atoms with Crippen LogP contribution in [0.5, 0.6) is 0 Å². The average Bonchev–Trinajstić information content (AvgIpc) is 3.22. The fourth-order valence-corrected chi connectivity index (χ4v) is 3.84. The second-order valence-electron chi connectivity index (χ2n) is 6.26. The molecule has 0 spiro atoms. The Labute approximate surface area is 158 Å². The van der Waals surface area contributed by atoms with Crippen LogP contribution in [0.4, 0.5) is 14.5 Å². The zero-order valence-corrected chi connectivity index (χ0v) is 15.1. The van der Waals surface area contributed by atoms with Gasteiger partial charge in [0.15, 0.2) is 0 Å². The number of halogens is 2. The molecule has 0 amide bonds. The molecule has 2 N–H and O–H groups in total. The number of nitrogens with zero attached hydrogens (tertiary/aromatic N) is 2. The molecule has 3 aromatic rings. The number of amidine groups is 1. The molecule has 0 aliphatic carbocycles. The Morgan fingerprint density at radius 1 is 1.15 bits per heavy atom. The lowest BCUT2D eigenvalue weighted by Crippen LogP contribution is -2.27. The van der Waals surface area contributed by atoms with Gasteiger partial charge >= 0.3 is 0 Å². The summed E-state index contributed by atoms with van der Waals surface area (Å²) in [5.74, 6) is -1.46. The van der Waals surface area contributed by atoms with Crippen molar-refractivity contribution in [3.05, 3.63) is 75.8 Å². The van der Waals surface area contributed by atoms with Gasteiger partial charge in [0.05, 0.1) is 23.5 Å². The standard InChI is InChI=1S/C20H15F2N3OS/c1-11-2-4-12(5-3-11)15-10-27-20(24-15)18-17(26)9-25(19(18)23)16-8-13(21)6-7-14(16)22/h2-8,10,23,26H,9H2,1H3. The van der Waals surface area contributed by atoms with Crippen LogP contribution in [0.1, 0.15) is 10.6 Å². The Kier molecular flexibility index (Phi) is 4.24. The molecular formula is C20H15F2N3OS. The van der Waals surface area contributed by atoms with E-state index in [1.54, 1.807) is 0 Å².